The van der Waals surface area contributed by atoms with Crippen LogP contribution in [0.2, 0.25) is 0 Å². The Bertz CT molecular complexity index is 407. The van der Waals surface area contributed by atoms with Crippen LogP contribution in [0.25, 0.3) is 0 Å². The van der Waals surface area contributed by atoms with Crippen LogP contribution in [0.1, 0.15) is 29.6 Å². The van der Waals surface area contributed by atoms with E-state index >= 15 is 0 Å². The molecule has 1 rings (SSSR count). The molecule has 0 atom stereocenters. The van der Waals surface area contributed by atoms with Crippen LogP contribution in [0.5, 0.6) is 0 Å². The zero-order chi connectivity index (χ0) is 11.3. The summed E-state index contributed by atoms with van der Waals surface area (Å²) in [6, 6.07) is 5.75. The zero-order valence-corrected chi connectivity index (χ0v) is 11.8. The van der Waals surface area contributed by atoms with Crippen LogP contribution in [0.4, 0.5) is 0 Å². The van der Waals surface area contributed by atoms with Gasteiger partial charge in [0.05, 0.1) is 0 Å². The molecule has 0 radical (unpaired) electrons. The molecule has 0 unspecified atom stereocenters. The van der Waals surface area contributed by atoms with Crippen LogP contribution in [0.3, 0.4) is 0 Å². The van der Waals surface area contributed by atoms with Crippen LogP contribution in [-0.2, 0) is 0 Å². The molecule has 0 aliphatic carbocycles. The number of terminal acetylenes is 1. The molecular formula is C12H10BrIO. The maximum Gasteiger partial charge on any atom is 0.164 e. The predicted octanol–water partition coefficient (Wildman–Crippen LogP) is 4.04. The minimum atomic E-state index is 0.149. The molecular weight excluding hydrogens is 367 g/mol. The molecule has 0 heterocycles. The second kappa shape index (κ2) is 6.29. The van der Waals surface area contributed by atoms with Crippen molar-refractivity contribution in [2.75, 3.05) is 0 Å². The van der Waals surface area contributed by atoms with E-state index in [-0.39, 0.29) is 5.78 Å². The third-order valence-corrected chi connectivity index (χ3v) is 3.32. The fourth-order valence-electron chi connectivity index (χ4n) is 1.20. The topological polar surface area (TPSA) is 17.1 Å². The number of rotatable bonds is 4. The standard InChI is InChI=1S/C12H10BrIO/c1-2-3-4-5-12(15)10-8-9(14)6-7-11(10)13/h1,6-8H,3-5H2. The van der Waals surface area contributed by atoms with Crippen molar-refractivity contribution >= 4 is 44.3 Å². The summed E-state index contributed by atoms with van der Waals surface area (Å²) < 4.78 is 1.92. The Morgan fingerprint density at radius 3 is 2.93 bits per heavy atom. The molecule has 15 heavy (non-hydrogen) atoms. The highest BCUT2D eigenvalue weighted by atomic mass is 127. The average Bonchev–Trinajstić information content (AvgIpc) is 2.22. The van der Waals surface area contributed by atoms with Gasteiger partial charge in [0.2, 0.25) is 0 Å². The molecule has 1 aromatic carbocycles. The van der Waals surface area contributed by atoms with E-state index in [1.165, 1.54) is 0 Å². The molecule has 0 spiro atoms. The largest absolute Gasteiger partial charge is 0.294 e. The molecule has 0 bridgehead atoms. The molecule has 0 aliphatic rings. The smallest absolute Gasteiger partial charge is 0.164 e. The fraction of sp³-hybridized carbons (Fsp3) is 0.250. The monoisotopic (exact) mass is 376 g/mol. The Hall–Kier alpha value is -0.340. The summed E-state index contributed by atoms with van der Waals surface area (Å²) in [5, 5.41) is 0. The summed E-state index contributed by atoms with van der Waals surface area (Å²) in [6.45, 7) is 0. The Morgan fingerprint density at radius 2 is 2.27 bits per heavy atom. The van der Waals surface area contributed by atoms with Crippen LogP contribution < -0.4 is 0 Å². The number of halogens is 2. The van der Waals surface area contributed by atoms with Gasteiger partial charge in [0, 0.05) is 26.4 Å². The maximum absolute atomic E-state index is 11.8. The molecule has 3 heteroatoms. The van der Waals surface area contributed by atoms with E-state index in [1.54, 1.807) is 0 Å². The van der Waals surface area contributed by atoms with Crippen LogP contribution >= 0.6 is 38.5 Å². The highest BCUT2D eigenvalue weighted by Gasteiger charge is 2.09. The van der Waals surface area contributed by atoms with E-state index in [2.05, 4.69) is 44.4 Å². The Labute approximate surface area is 112 Å². The fourth-order valence-corrected chi connectivity index (χ4v) is 2.16. The SMILES string of the molecule is C#CCCCC(=O)c1cc(I)ccc1Br. The third-order valence-electron chi connectivity index (χ3n) is 1.95. The first-order chi connectivity index (χ1) is 7.15. The number of ketones is 1. The van der Waals surface area contributed by atoms with Gasteiger partial charge in [-0.25, -0.2) is 0 Å². The molecule has 0 aromatic heterocycles. The van der Waals surface area contributed by atoms with E-state index < -0.39 is 0 Å². The van der Waals surface area contributed by atoms with Gasteiger partial charge in [-0.3, -0.25) is 4.79 Å². The van der Waals surface area contributed by atoms with Crippen molar-refractivity contribution in [1.29, 1.82) is 0 Å². The van der Waals surface area contributed by atoms with Crippen LogP contribution in [0.15, 0.2) is 22.7 Å². The quantitative estimate of drug-likeness (QED) is 0.335. The Kier molecular flexibility index (Phi) is 5.34. The van der Waals surface area contributed by atoms with Crippen molar-refractivity contribution in [3.63, 3.8) is 0 Å². The molecule has 0 amide bonds. The van der Waals surface area contributed by atoms with Gasteiger partial charge < -0.3 is 0 Å². The van der Waals surface area contributed by atoms with Crippen LogP contribution in [0, 0.1) is 15.9 Å². The first-order valence-electron chi connectivity index (χ1n) is 4.57. The van der Waals surface area contributed by atoms with Crippen molar-refractivity contribution in [1.82, 2.24) is 0 Å². The summed E-state index contributed by atoms with van der Waals surface area (Å²) in [7, 11) is 0. The summed E-state index contributed by atoms with van der Waals surface area (Å²) in [4.78, 5) is 11.8. The van der Waals surface area contributed by atoms with Gasteiger partial charge in [0.1, 0.15) is 0 Å². The van der Waals surface area contributed by atoms with Crippen molar-refractivity contribution in [2.45, 2.75) is 19.3 Å². The van der Waals surface area contributed by atoms with E-state index in [9.17, 15) is 4.79 Å². The predicted molar refractivity (Wildman–Crippen MR) is 73.9 cm³/mol. The maximum atomic E-state index is 11.8. The van der Waals surface area contributed by atoms with Gasteiger partial charge in [-0.05, 0) is 47.2 Å². The number of hydrogen-bond acceptors (Lipinski definition) is 1. The van der Waals surface area contributed by atoms with Crippen molar-refractivity contribution in [2.24, 2.45) is 0 Å². The molecule has 0 saturated heterocycles. The van der Waals surface area contributed by atoms with E-state index in [0.717, 1.165) is 20.0 Å². The lowest BCUT2D eigenvalue weighted by Crippen LogP contribution is -2.00. The first kappa shape index (κ1) is 12.7. The summed E-state index contributed by atoms with van der Waals surface area (Å²) in [6.07, 6.45) is 7.07. The van der Waals surface area contributed by atoms with Gasteiger partial charge in [-0.2, -0.15) is 0 Å². The number of Topliss-reactive ketones (excluding diaryl/α,β-unsaturated/α-hetero) is 1. The average molecular weight is 377 g/mol. The number of unbranched alkanes of at least 4 members (excludes halogenated alkanes) is 1. The number of benzene rings is 1. The highest BCUT2D eigenvalue weighted by molar-refractivity contribution is 14.1. The molecule has 0 aliphatic heterocycles. The number of carbonyl (C=O) groups excluding carboxylic acids is 1. The van der Waals surface area contributed by atoms with Crippen molar-refractivity contribution in [3.8, 4) is 12.3 Å². The van der Waals surface area contributed by atoms with Crippen molar-refractivity contribution < 1.29 is 4.79 Å². The van der Waals surface area contributed by atoms with E-state index in [1.807, 2.05) is 18.2 Å². The van der Waals surface area contributed by atoms with E-state index in [0.29, 0.717) is 12.8 Å². The molecule has 0 saturated carbocycles. The van der Waals surface area contributed by atoms with Gasteiger partial charge in [-0.15, -0.1) is 12.3 Å². The minimum Gasteiger partial charge on any atom is -0.294 e. The second-order valence-corrected chi connectivity index (χ2v) is 5.20. The normalized spacial score (nSPS) is 9.67. The third kappa shape index (κ3) is 3.96. The lowest BCUT2D eigenvalue weighted by atomic mass is 10.1. The lowest BCUT2D eigenvalue weighted by molar-refractivity contribution is 0.0980. The van der Waals surface area contributed by atoms with Gasteiger partial charge in [0.25, 0.3) is 0 Å². The Balaban J connectivity index is 2.73. The van der Waals surface area contributed by atoms with Crippen molar-refractivity contribution in [3.05, 3.63) is 31.8 Å². The summed E-state index contributed by atoms with van der Waals surface area (Å²) in [5.41, 5.74) is 0.749. The lowest BCUT2D eigenvalue weighted by Gasteiger charge is -2.03. The second-order valence-electron chi connectivity index (χ2n) is 3.11. The molecule has 0 N–H and O–H groups in total. The highest BCUT2D eigenvalue weighted by Crippen LogP contribution is 2.21. The van der Waals surface area contributed by atoms with Gasteiger partial charge in [0.15, 0.2) is 5.78 Å². The summed E-state index contributed by atoms with van der Waals surface area (Å²) >= 11 is 5.57. The first-order valence-corrected chi connectivity index (χ1v) is 6.44. The molecule has 1 nitrogen and oxygen atoms in total. The molecule has 0 fully saturated rings. The molecule has 1 aromatic rings. The number of carbonyl (C=O) groups is 1. The van der Waals surface area contributed by atoms with Crippen LogP contribution in [-0.4, -0.2) is 5.78 Å². The van der Waals surface area contributed by atoms with E-state index in [4.69, 9.17) is 6.42 Å². The van der Waals surface area contributed by atoms with Gasteiger partial charge in [-0.1, -0.05) is 15.9 Å². The molecule has 78 valence electrons. The Morgan fingerprint density at radius 1 is 1.53 bits per heavy atom. The summed E-state index contributed by atoms with van der Waals surface area (Å²) in [5.74, 6) is 2.68. The van der Waals surface area contributed by atoms with Gasteiger partial charge >= 0.3 is 0 Å². The zero-order valence-electron chi connectivity index (χ0n) is 8.09. The minimum absolute atomic E-state index is 0.149. The number of hydrogen-bond donors (Lipinski definition) is 0.